The first-order valence-electron chi connectivity index (χ1n) is 14.7. The van der Waals surface area contributed by atoms with Crippen molar-refractivity contribution in [2.45, 2.75) is 36.0 Å². The van der Waals surface area contributed by atoms with Gasteiger partial charge in [-0.3, -0.25) is 9.59 Å². The van der Waals surface area contributed by atoms with E-state index in [9.17, 15) is 18.0 Å². The third-order valence-electron chi connectivity index (χ3n) is 7.81. The van der Waals surface area contributed by atoms with Gasteiger partial charge in [0.15, 0.2) is 11.0 Å². The summed E-state index contributed by atoms with van der Waals surface area (Å²) < 4.78 is 34.1. The molecule has 46 heavy (non-hydrogen) atoms. The van der Waals surface area contributed by atoms with Crippen LogP contribution in [0.2, 0.25) is 0 Å². The number of thioether (sulfide) groups is 1. The van der Waals surface area contributed by atoms with Gasteiger partial charge < -0.3 is 14.6 Å². The van der Waals surface area contributed by atoms with Crippen LogP contribution in [0.4, 0.5) is 0 Å². The van der Waals surface area contributed by atoms with Crippen LogP contribution in [-0.4, -0.2) is 82.1 Å². The number of aryl methyl sites for hydroxylation is 1. The van der Waals surface area contributed by atoms with E-state index in [0.717, 1.165) is 21.7 Å². The number of amides is 2. The first kappa shape index (κ1) is 32.1. The molecule has 2 aromatic carbocycles. The molecule has 2 aromatic heterocycles. The van der Waals surface area contributed by atoms with E-state index >= 15 is 0 Å². The molecule has 4 aromatic rings. The Kier molecular flexibility index (Phi) is 9.65. The van der Waals surface area contributed by atoms with Crippen LogP contribution in [0.15, 0.2) is 81.2 Å². The Morgan fingerprint density at radius 2 is 1.78 bits per heavy atom. The number of morpholine rings is 1. The van der Waals surface area contributed by atoms with Crippen LogP contribution in [0.5, 0.6) is 0 Å². The van der Waals surface area contributed by atoms with Gasteiger partial charge >= 0.3 is 0 Å². The Morgan fingerprint density at radius 1 is 1.04 bits per heavy atom. The molecule has 0 bridgehead atoms. The molecule has 0 radical (unpaired) electrons. The number of carbonyl (C=O) groups is 2. The molecule has 6 rings (SSSR count). The molecule has 1 atom stereocenters. The van der Waals surface area contributed by atoms with Crippen LogP contribution in [-0.2, 0) is 33.1 Å². The fourth-order valence-electron chi connectivity index (χ4n) is 5.17. The van der Waals surface area contributed by atoms with E-state index in [-0.39, 0.29) is 35.0 Å². The number of nitrogens with zero attached hydrogens (tertiary/aromatic N) is 6. The SMILES string of the molecule is Cc1ccc([C@@H]2CC(c3cccs3)=NN2C(=O)CSc2nnc(CNC(=O)c3ccc(S(=O)(=O)N4CCOCC4)cc3)n2C)cc1. The first-order valence-corrected chi connectivity index (χ1v) is 18.0. The van der Waals surface area contributed by atoms with Gasteiger partial charge in [-0.15, -0.1) is 21.5 Å². The number of hydrogen-bond donors (Lipinski definition) is 1. The summed E-state index contributed by atoms with van der Waals surface area (Å²) in [6.07, 6.45) is 0.639. The van der Waals surface area contributed by atoms with Gasteiger partial charge in [-0.05, 0) is 48.2 Å². The quantitative estimate of drug-likeness (QED) is 0.251. The Morgan fingerprint density at radius 3 is 2.48 bits per heavy atom. The monoisotopic (exact) mass is 679 g/mol. The number of rotatable bonds is 10. The van der Waals surface area contributed by atoms with E-state index in [1.807, 2.05) is 48.7 Å². The first-order chi connectivity index (χ1) is 22.2. The fourth-order valence-corrected chi connectivity index (χ4v) is 8.08. The summed E-state index contributed by atoms with van der Waals surface area (Å²) in [7, 11) is -1.87. The minimum Gasteiger partial charge on any atom is -0.379 e. The maximum atomic E-state index is 13.5. The highest BCUT2D eigenvalue weighted by Crippen LogP contribution is 2.34. The van der Waals surface area contributed by atoms with Crippen molar-refractivity contribution in [2.75, 3.05) is 32.1 Å². The molecule has 2 amide bonds. The molecule has 1 fully saturated rings. The van der Waals surface area contributed by atoms with E-state index in [4.69, 9.17) is 9.84 Å². The van der Waals surface area contributed by atoms with Gasteiger partial charge in [0, 0.05) is 32.1 Å². The third kappa shape index (κ3) is 6.93. The Bertz CT molecular complexity index is 1830. The van der Waals surface area contributed by atoms with Gasteiger partial charge in [0.2, 0.25) is 10.0 Å². The average Bonchev–Trinajstić information content (AvgIpc) is 3.84. The fraction of sp³-hybridized carbons (Fsp3) is 0.323. The second kappa shape index (κ2) is 13.8. The predicted octanol–water partition coefficient (Wildman–Crippen LogP) is 3.61. The zero-order valence-electron chi connectivity index (χ0n) is 25.3. The van der Waals surface area contributed by atoms with Gasteiger partial charge in [0.25, 0.3) is 11.8 Å². The summed E-state index contributed by atoms with van der Waals surface area (Å²) >= 11 is 2.86. The molecule has 1 saturated heterocycles. The molecule has 0 aliphatic carbocycles. The van der Waals surface area contributed by atoms with Crippen molar-refractivity contribution in [3.8, 4) is 0 Å². The van der Waals surface area contributed by atoms with E-state index in [0.29, 0.717) is 49.3 Å². The van der Waals surface area contributed by atoms with Gasteiger partial charge in [0.05, 0.1) is 47.0 Å². The van der Waals surface area contributed by atoms with E-state index in [1.165, 1.54) is 40.3 Å². The molecule has 12 nitrogen and oxygen atoms in total. The molecule has 0 spiro atoms. The maximum Gasteiger partial charge on any atom is 0.253 e. The number of hydrogen-bond acceptors (Lipinski definition) is 10. The summed E-state index contributed by atoms with van der Waals surface area (Å²) in [5, 5.41) is 20.1. The van der Waals surface area contributed by atoms with Crippen molar-refractivity contribution < 1.29 is 22.7 Å². The number of nitrogens with one attached hydrogen (secondary N) is 1. The number of hydrazone groups is 1. The minimum atomic E-state index is -3.65. The van der Waals surface area contributed by atoms with Crippen molar-refractivity contribution in [1.82, 2.24) is 29.4 Å². The van der Waals surface area contributed by atoms with E-state index in [1.54, 1.807) is 28.0 Å². The number of aromatic nitrogens is 3. The number of ether oxygens (including phenoxy) is 1. The molecule has 15 heteroatoms. The van der Waals surface area contributed by atoms with Crippen molar-refractivity contribution in [1.29, 1.82) is 0 Å². The zero-order chi connectivity index (χ0) is 32.3. The highest BCUT2D eigenvalue weighted by Gasteiger charge is 2.33. The summed E-state index contributed by atoms with van der Waals surface area (Å²) in [5.41, 5.74) is 3.39. The van der Waals surface area contributed by atoms with Crippen LogP contribution < -0.4 is 5.32 Å². The highest BCUT2D eigenvalue weighted by atomic mass is 32.2. The lowest BCUT2D eigenvalue weighted by molar-refractivity contribution is -0.130. The molecular formula is C31H33N7O5S3. The van der Waals surface area contributed by atoms with Crippen LogP contribution >= 0.6 is 23.1 Å². The maximum absolute atomic E-state index is 13.5. The van der Waals surface area contributed by atoms with Gasteiger partial charge in [-0.2, -0.15) is 9.41 Å². The molecule has 2 aliphatic heterocycles. The molecule has 0 unspecified atom stereocenters. The Labute approximate surface area is 275 Å². The third-order valence-corrected chi connectivity index (χ3v) is 11.7. The minimum absolute atomic E-state index is 0.0980. The topological polar surface area (TPSA) is 139 Å². The van der Waals surface area contributed by atoms with Crippen molar-refractivity contribution >= 4 is 50.6 Å². The second-order valence-corrected chi connectivity index (χ2v) is 14.7. The van der Waals surface area contributed by atoms with Crippen LogP contribution in [0.25, 0.3) is 0 Å². The van der Waals surface area contributed by atoms with Crippen molar-refractivity contribution in [2.24, 2.45) is 12.1 Å². The van der Waals surface area contributed by atoms with Crippen LogP contribution in [0, 0.1) is 6.92 Å². The lowest BCUT2D eigenvalue weighted by Crippen LogP contribution is -2.40. The molecule has 4 heterocycles. The summed E-state index contributed by atoms with van der Waals surface area (Å²) in [5.74, 6) is 0.102. The van der Waals surface area contributed by atoms with E-state index < -0.39 is 10.0 Å². The lowest BCUT2D eigenvalue weighted by atomic mass is 10.00. The Balaban J connectivity index is 1.06. The number of carbonyl (C=O) groups excluding carboxylic acids is 2. The van der Waals surface area contributed by atoms with Crippen molar-refractivity contribution in [3.63, 3.8) is 0 Å². The van der Waals surface area contributed by atoms with E-state index in [2.05, 4.69) is 15.5 Å². The van der Waals surface area contributed by atoms with Gasteiger partial charge in [-0.1, -0.05) is 47.7 Å². The number of sulfonamides is 1. The molecule has 2 aliphatic rings. The zero-order valence-corrected chi connectivity index (χ0v) is 27.8. The highest BCUT2D eigenvalue weighted by molar-refractivity contribution is 7.99. The van der Waals surface area contributed by atoms with Crippen LogP contribution in [0.1, 0.15) is 44.6 Å². The predicted molar refractivity (Wildman–Crippen MR) is 175 cm³/mol. The molecule has 1 N–H and O–H groups in total. The largest absolute Gasteiger partial charge is 0.379 e. The summed E-state index contributed by atoms with van der Waals surface area (Å²) in [6, 6.07) is 17.8. The van der Waals surface area contributed by atoms with Crippen molar-refractivity contribution in [3.05, 3.63) is 93.4 Å². The second-order valence-electron chi connectivity index (χ2n) is 10.9. The summed E-state index contributed by atoms with van der Waals surface area (Å²) in [6.45, 7) is 3.44. The molecule has 0 saturated carbocycles. The molecular weight excluding hydrogens is 647 g/mol. The molecule has 240 valence electrons. The number of benzene rings is 2. The normalized spacial score (nSPS) is 17.2. The van der Waals surface area contributed by atoms with Gasteiger partial charge in [0.1, 0.15) is 0 Å². The lowest BCUT2D eigenvalue weighted by Gasteiger charge is -2.26. The average molecular weight is 680 g/mol. The standard InChI is InChI=1S/C31H33N7O5S3/c1-21-5-7-22(8-6-21)26-18-25(27-4-3-17-44-27)35-38(26)29(39)20-45-31-34-33-28(36(31)2)19-32-30(40)23-9-11-24(12-10-23)46(41,42)37-13-15-43-16-14-37/h3-12,17,26H,13-16,18-20H2,1-2H3,(H,32,40)/t26-/m0/s1. The smallest absolute Gasteiger partial charge is 0.253 e. The van der Waals surface area contributed by atoms with Gasteiger partial charge in [-0.25, -0.2) is 13.4 Å². The summed E-state index contributed by atoms with van der Waals surface area (Å²) in [4.78, 5) is 27.5. The number of thiophene rings is 1. The Hall–Kier alpha value is -3.89. The van der Waals surface area contributed by atoms with Crippen LogP contribution in [0.3, 0.4) is 0 Å².